The van der Waals surface area contributed by atoms with E-state index >= 15 is 0 Å². The lowest BCUT2D eigenvalue weighted by molar-refractivity contribution is -0.141. The van der Waals surface area contributed by atoms with Crippen LogP contribution in [0.3, 0.4) is 0 Å². The van der Waals surface area contributed by atoms with Gasteiger partial charge in [-0.3, -0.25) is 9.78 Å². The van der Waals surface area contributed by atoms with E-state index in [2.05, 4.69) is 9.97 Å². The normalized spacial score (nSPS) is 11.5. The van der Waals surface area contributed by atoms with Gasteiger partial charge in [-0.2, -0.15) is 13.2 Å². The number of rotatable bonds is 3. The van der Waals surface area contributed by atoms with Crippen LogP contribution < -0.4 is 9.47 Å². The van der Waals surface area contributed by atoms with Crippen LogP contribution in [-0.2, 0) is 11.0 Å². The van der Waals surface area contributed by atoms with Gasteiger partial charge in [-0.05, 0) is 32.0 Å². The molecule has 0 aliphatic carbocycles. The minimum atomic E-state index is -4.59. The molecule has 28 heavy (non-hydrogen) atoms. The van der Waals surface area contributed by atoms with Gasteiger partial charge < -0.3 is 9.47 Å². The summed E-state index contributed by atoms with van der Waals surface area (Å²) in [6.07, 6.45) is -3.75. The fourth-order valence-corrected chi connectivity index (χ4v) is 2.54. The molecule has 1 aromatic carbocycles. The van der Waals surface area contributed by atoms with Crippen molar-refractivity contribution in [2.75, 3.05) is 0 Å². The molecule has 0 amide bonds. The molecule has 3 rings (SSSR count). The maximum atomic E-state index is 14.4. The molecule has 0 aliphatic rings. The second-order valence-electron chi connectivity index (χ2n) is 6.02. The highest BCUT2D eigenvalue weighted by molar-refractivity contribution is 5.90. The SMILES string of the molecule is CC(=O)Oc1c(C)c(C)nc2cc(F)c(Oc3ccc(C(F)(F)F)nc3)cc12. The van der Waals surface area contributed by atoms with Crippen molar-refractivity contribution >= 4 is 16.9 Å². The Labute approximate surface area is 156 Å². The van der Waals surface area contributed by atoms with E-state index in [1.54, 1.807) is 13.8 Å². The number of pyridine rings is 2. The molecule has 0 atom stereocenters. The van der Waals surface area contributed by atoms with Crippen molar-refractivity contribution in [2.24, 2.45) is 0 Å². The fraction of sp³-hybridized carbons (Fsp3) is 0.211. The predicted octanol–water partition coefficient (Wildman–Crippen LogP) is 5.12. The number of aryl methyl sites for hydroxylation is 1. The Kier molecular flexibility index (Phi) is 4.93. The summed E-state index contributed by atoms with van der Waals surface area (Å²) < 4.78 is 62.8. The zero-order chi connectivity index (χ0) is 20.6. The number of hydrogen-bond donors (Lipinski definition) is 0. The first-order valence-electron chi connectivity index (χ1n) is 8.06. The number of halogens is 4. The third kappa shape index (κ3) is 3.88. The highest BCUT2D eigenvalue weighted by atomic mass is 19.4. The summed E-state index contributed by atoms with van der Waals surface area (Å²) in [6, 6.07) is 4.14. The van der Waals surface area contributed by atoms with E-state index in [-0.39, 0.29) is 22.8 Å². The first-order chi connectivity index (χ1) is 13.1. The molecule has 9 heteroatoms. The molecule has 0 saturated carbocycles. The highest BCUT2D eigenvalue weighted by Crippen LogP contribution is 2.36. The lowest BCUT2D eigenvalue weighted by Gasteiger charge is -2.14. The maximum Gasteiger partial charge on any atom is 0.433 e. The number of benzene rings is 1. The van der Waals surface area contributed by atoms with E-state index in [0.29, 0.717) is 16.6 Å². The number of alkyl halides is 3. The third-order valence-electron chi connectivity index (χ3n) is 3.97. The summed E-state index contributed by atoms with van der Waals surface area (Å²) in [5.74, 6) is -1.49. The van der Waals surface area contributed by atoms with E-state index in [0.717, 1.165) is 24.4 Å². The lowest BCUT2D eigenvalue weighted by Crippen LogP contribution is -2.07. The van der Waals surface area contributed by atoms with E-state index in [9.17, 15) is 22.4 Å². The topological polar surface area (TPSA) is 61.3 Å². The van der Waals surface area contributed by atoms with Gasteiger partial charge in [-0.1, -0.05) is 0 Å². The molecule has 146 valence electrons. The van der Waals surface area contributed by atoms with Crippen molar-refractivity contribution in [3.8, 4) is 17.2 Å². The smallest absolute Gasteiger partial charge is 0.433 e. The molecule has 0 aliphatic heterocycles. The van der Waals surface area contributed by atoms with Crippen LogP contribution in [0.1, 0.15) is 23.9 Å². The minimum Gasteiger partial charge on any atom is -0.453 e. The number of fused-ring (bicyclic) bond motifs is 1. The Morgan fingerprint density at radius 1 is 1.14 bits per heavy atom. The number of ether oxygens (including phenoxy) is 2. The molecule has 0 bridgehead atoms. The van der Waals surface area contributed by atoms with Gasteiger partial charge in [0.25, 0.3) is 0 Å². The summed E-state index contributed by atoms with van der Waals surface area (Å²) in [5.41, 5.74) is 0.307. The van der Waals surface area contributed by atoms with Crippen LogP contribution in [0, 0.1) is 19.7 Å². The summed E-state index contributed by atoms with van der Waals surface area (Å²) in [4.78, 5) is 19.0. The molecular formula is C19H14F4N2O3. The van der Waals surface area contributed by atoms with Crippen LogP contribution in [0.4, 0.5) is 17.6 Å². The fourth-order valence-electron chi connectivity index (χ4n) is 2.54. The van der Waals surface area contributed by atoms with Gasteiger partial charge in [0, 0.05) is 29.6 Å². The number of esters is 1. The quantitative estimate of drug-likeness (QED) is 0.456. The lowest BCUT2D eigenvalue weighted by atomic mass is 10.1. The van der Waals surface area contributed by atoms with E-state index < -0.39 is 23.7 Å². The Hall–Kier alpha value is -3.23. The van der Waals surface area contributed by atoms with E-state index in [1.165, 1.54) is 13.0 Å². The Bertz CT molecular complexity index is 1060. The van der Waals surface area contributed by atoms with Crippen LogP contribution in [0.2, 0.25) is 0 Å². The Balaban J connectivity index is 2.05. The van der Waals surface area contributed by atoms with E-state index in [1.807, 2.05) is 0 Å². The Morgan fingerprint density at radius 2 is 1.86 bits per heavy atom. The average Bonchev–Trinajstić information content (AvgIpc) is 2.60. The average molecular weight is 394 g/mol. The summed E-state index contributed by atoms with van der Waals surface area (Å²) >= 11 is 0. The monoisotopic (exact) mass is 394 g/mol. The molecule has 0 radical (unpaired) electrons. The van der Waals surface area contributed by atoms with Crippen molar-refractivity contribution in [3.05, 3.63) is 53.2 Å². The predicted molar refractivity (Wildman–Crippen MR) is 91.8 cm³/mol. The summed E-state index contributed by atoms with van der Waals surface area (Å²) in [7, 11) is 0. The largest absolute Gasteiger partial charge is 0.453 e. The first-order valence-corrected chi connectivity index (χ1v) is 8.06. The molecule has 0 N–H and O–H groups in total. The summed E-state index contributed by atoms with van der Waals surface area (Å²) in [6.45, 7) is 4.62. The minimum absolute atomic E-state index is 0.0860. The van der Waals surface area contributed by atoms with Gasteiger partial charge >= 0.3 is 12.1 Å². The molecule has 3 aromatic rings. The second kappa shape index (κ2) is 7.06. The molecule has 0 unspecified atom stereocenters. The highest BCUT2D eigenvalue weighted by Gasteiger charge is 2.32. The number of hydrogen-bond acceptors (Lipinski definition) is 5. The molecule has 0 saturated heterocycles. The molecule has 2 aromatic heterocycles. The molecular weight excluding hydrogens is 380 g/mol. The van der Waals surface area contributed by atoms with Crippen molar-refractivity contribution < 1.29 is 31.8 Å². The van der Waals surface area contributed by atoms with Crippen molar-refractivity contribution in [3.63, 3.8) is 0 Å². The molecule has 5 nitrogen and oxygen atoms in total. The van der Waals surface area contributed by atoms with Gasteiger partial charge in [0.2, 0.25) is 0 Å². The number of carbonyl (C=O) groups excluding carboxylic acids is 1. The van der Waals surface area contributed by atoms with Crippen LogP contribution in [-0.4, -0.2) is 15.9 Å². The number of carbonyl (C=O) groups is 1. The maximum absolute atomic E-state index is 14.4. The first kappa shape index (κ1) is 19.5. The van der Waals surface area contributed by atoms with Gasteiger partial charge in [0.1, 0.15) is 17.2 Å². The Morgan fingerprint density at radius 3 is 2.43 bits per heavy atom. The van der Waals surface area contributed by atoms with Crippen LogP contribution >= 0.6 is 0 Å². The standard InChI is InChI=1S/C19H14F4N2O3/c1-9-10(2)25-15-7-14(20)16(6-13(15)18(9)27-11(3)26)28-12-4-5-17(24-8-12)19(21,22)23/h4-8H,1-3H3. The summed E-state index contributed by atoms with van der Waals surface area (Å²) in [5, 5.41) is 0.328. The van der Waals surface area contributed by atoms with Crippen LogP contribution in [0.5, 0.6) is 17.2 Å². The van der Waals surface area contributed by atoms with Crippen LogP contribution in [0.15, 0.2) is 30.5 Å². The number of aromatic nitrogens is 2. The van der Waals surface area contributed by atoms with Gasteiger partial charge in [-0.15, -0.1) is 0 Å². The molecule has 0 fully saturated rings. The van der Waals surface area contributed by atoms with Crippen molar-refractivity contribution in [1.82, 2.24) is 9.97 Å². The molecule has 0 spiro atoms. The zero-order valence-electron chi connectivity index (χ0n) is 15.0. The third-order valence-corrected chi connectivity index (χ3v) is 3.97. The van der Waals surface area contributed by atoms with Gasteiger partial charge in [0.05, 0.1) is 11.7 Å². The molecule has 2 heterocycles. The number of nitrogens with zero attached hydrogens (tertiary/aromatic N) is 2. The van der Waals surface area contributed by atoms with E-state index in [4.69, 9.17) is 9.47 Å². The van der Waals surface area contributed by atoms with Crippen LogP contribution in [0.25, 0.3) is 10.9 Å². The van der Waals surface area contributed by atoms with Crippen molar-refractivity contribution in [2.45, 2.75) is 26.9 Å². The van der Waals surface area contributed by atoms with Crippen molar-refractivity contribution in [1.29, 1.82) is 0 Å². The van der Waals surface area contributed by atoms with Gasteiger partial charge in [0.15, 0.2) is 11.6 Å². The van der Waals surface area contributed by atoms with Gasteiger partial charge in [-0.25, -0.2) is 9.37 Å². The zero-order valence-corrected chi connectivity index (χ0v) is 15.0. The second-order valence-corrected chi connectivity index (χ2v) is 6.02.